The highest BCUT2D eigenvalue weighted by atomic mass is 19.1. The molecule has 0 radical (unpaired) electrons. The molecule has 0 bridgehead atoms. The number of benzene rings is 1. The molecule has 0 amide bonds. The van der Waals surface area contributed by atoms with Gasteiger partial charge < -0.3 is 15.2 Å². The van der Waals surface area contributed by atoms with Crippen molar-refractivity contribution in [3.05, 3.63) is 29.6 Å². The van der Waals surface area contributed by atoms with Crippen molar-refractivity contribution in [1.82, 2.24) is 10.2 Å². The van der Waals surface area contributed by atoms with E-state index >= 15 is 0 Å². The number of aryl methyl sites for hydroxylation is 1. The van der Waals surface area contributed by atoms with Crippen LogP contribution in [-0.4, -0.2) is 55.4 Å². The molecule has 1 heterocycles. The van der Waals surface area contributed by atoms with Gasteiger partial charge in [-0.2, -0.15) is 0 Å². The first kappa shape index (κ1) is 14.2. The highest BCUT2D eigenvalue weighted by molar-refractivity contribution is 5.28. The largest absolute Gasteiger partial charge is 0.491 e. The molecule has 1 aromatic carbocycles. The zero-order valence-corrected chi connectivity index (χ0v) is 11.2. The van der Waals surface area contributed by atoms with Gasteiger partial charge in [0.1, 0.15) is 24.3 Å². The van der Waals surface area contributed by atoms with Crippen LogP contribution in [0.2, 0.25) is 0 Å². The van der Waals surface area contributed by atoms with Crippen LogP contribution in [0.15, 0.2) is 18.2 Å². The second-order valence-electron chi connectivity index (χ2n) is 4.93. The fourth-order valence-electron chi connectivity index (χ4n) is 2.14. The maximum absolute atomic E-state index is 13.1. The zero-order valence-electron chi connectivity index (χ0n) is 11.2. The molecule has 106 valence electrons. The standard InChI is InChI=1S/C14H21FN2O2/c1-11-8-13(2-3-14(11)15)19-10-12(18)9-17-6-4-16-5-7-17/h2-3,8,12,16,18H,4-7,9-10H2,1H3. The second-order valence-corrected chi connectivity index (χ2v) is 4.93. The number of hydrogen-bond donors (Lipinski definition) is 2. The molecule has 0 spiro atoms. The summed E-state index contributed by atoms with van der Waals surface area (Å²) in [6.45, 7) is 6.37. The van der Waals surface area contributed by atoms with Crippen LogP contribution >= 0.6 is 0 Å². The van der Waals surface area contributed by atoms with E-state index in [1.807, 2.05) is 0 Å². The van der Waals surface area contributed by atoms with Crippen molar-refractivity contribution in [2.24, 2.45) is 0 Å². The van der Waals surface area contributed by atoms with Crippen LogP contribution in [0, 0.1) is 12.7 Å². The number of hydrogen-bond acceptors (Lipinski definition) is 4. The lowest BCUT2D eigenvalue weighted by Crippen LogP contribution is -2.47. The van der Waals surface area contributed by atoms with Crippen LogP contribution in [0.3, 0.4) is 0 Å². The maximum atomic E-state index is 13.1. The first-order valence-corrected chi connectivity index (χ1v) is 6.65. The van der Waals surface area contributed by atoms with E-state index in [1.54, 1.807) is 19.1 Å². The van der Waals surface area contributed by atoms with Gasteiger partial charge in [-0.1, -0.05) is 0 Å². The Kier molecular flexibility index (Phi) is 5.13. The molecule has 0 aromatic heterocycles. The average Bonchev–Trinajstić information content (AvgIpc) is 2.41. The van der Waals surface area contributed by atoms with Crippen LogP contribution in [-0.2, 0) is 0 Å². The fourth-order valence-corrected chi connectivity index (χ4v) is 2.14. The minimum atomic E-state index is -0.525. The van der Waals surface area contributed by atoms with E-state index < -0.39 is 6.10 Å². The van der Waals surface area contributed by atoms with Crippen molar-refractivity contribution >= 4 is 0 Å². The molecule has 1 unspecified atom stereocenters. The van der Waals surface area contributed by atoms with Crippen molar-refractivity contribution in [3.8, 4) is 5.75 Å². The van der Waals surface area contributed by atoms with E-state index in [-0.39, 0.29) is 12.4 Å². The number of rotatable bonds is 5. The summed E-state index contributed by atoms with van der Waals surface area (Å²) >= 11 is 0. The Morgan fingerprint density at radius 2 is 2.16 bits per heavy atom. The summed E-state index contributed by atoms with van der Waals surface area (Å²) in [5.74, 6) is 0.354. The molecule has 1 fully saturated rings. The molecule has 5 heteroatoms. The molecule has 1 aromatic rings. The number of β-amino-alcohol motifs (C(OH)–C–C–N with tert-alkyl or cyclic N) is 1. The van der Waals surface area contributed by atoms with Crippen LogP contribution in [0.25, 0.3) is 0 Å². The summed E-state index contributed by atoms with van der Waals surface area (Å²) in [6.07, 6.45) is -0.525. The Morgan fingerprint density at radius 3 is 2.84 bits per heavy atom. The lowest BCUT2D eigenvalue weighted by molar-refractivity contribution is 0.0641. The van der Waals surface area contributed by atoms with Gasteiger partial charge in [0.2, 0.25) is 0 Å². The third kappa shape index (κ3) is 4.45. The smallest absolute Gasteiger partial charge is 0.126 e. The van der Waals surface area contributed by atoms with Gasteiger partial charge >= 0.3 is 0 Å². The molecule has 1 aliphatic rings. The summed E-state index contributed by atoms with van der Waals surface area (Å²) in [5, 5.41) is 13.2. The van der Waals surface area contributed by atoms with E-state index in [0.717, 1.165) is 26.2 Å². The zero-order chi connectivity index (χ0) is 13.7. The maximum Gasteiger partial charge on any atom is 0.126 e. The summed E-state index contributed by atoms with van der Waals surface area (Å²) in [4.78, 5) is 2.21. The molecule has 0 saturated carbocycles. The summed E-state index contributed by atoms with van der Waals surface area (Å²) < 4.78 is 18.6. The minimum Gasteiger partial charge on any atom is -0.491 e. The van der Waals surface area contributed by atoms with Crippen molar-refractivity contribution < 1.29 is 14.2 Å². The fraction of sp³-hybridized carbons (Fsp3) is 0.571. The van der Waals surface area contributed by atoms with Gasteiger partial charge in [0, 0.05) is 32.7 Å². The summed E-state index contributed by atoms with van der Waals surface area (Å²) in [6, 6.07) is 4.61. The number of ether oxygens (including phenoxy) is 1. The number of nitrogens with one attached hydrogen (secondary N) is 1. The second kappa shape index (κ2) is 6.84. The van der Waals surface area contributed by atoms with Crippen LogP contribution in [0.5, 0.6) is 5.75 Å². The number of piperazine rings is 1. The Balaban J connectivity index is 1.75. The Hall–Kier alpha value is -1.17. The van der Waals surface area contributed by atoms with E-state index in [0.29, 0.717) is 17.9 Å². The molecule has 0 aliphatic carbocycles. The predicted octanol–water partition coefficient (Wildman–Crippen LogP) is 0.779. The SMILES string of the molecule is Cc1cc(OCC(O)CN2CCNCC2)ccc1F. The highest BCUT2D eigenvalue weighted by Gasteiger charge is 2.14. The topological polar surface area (TPSA) is 44.7 Å². The highest BCUT2D eigenvalue weighted by Crippen LogP contribution is 2.16. The Morgan fingerprint density at radius 1 is 1.42 bits per heavy atom. The molecule has 1 atom stereocenters. The summed E-state index contributed by atoms with van der Waals surface area (Å²) in [5.41, 5.74) is 0.550. The van der Waals surface area contributed by atoms with Gasteiger partial charge in [0.15, 0.2) is 0 Å². The number of halogens is 1. The van der Waals surface area contributed by atoms with Gasteiger partial charge in [-0.15, -0.1) is 0 Å². The third-order valence-corrected chi connectivity index (χ3v) is 3.25. The van der Waals surface area contributed by atoms with Crippen LogP contribution in [0.1, 0.15) is 5.56 Å². The molecule has 4 nitrogen and oxygen atoms in total. The molecular formula is C14H21FN2O2. The Bertz CT molecular complexity index is 408. The molecule has 19 heavy (non-hydrogen) atoms. The molecular weight excluding hydrogens is 247 g/mol. The lowest BCUT2D eigenvalue weighted by Gasteiger charge is -2.29. The monoisotopic (exact) mass is 268 g/mol. The summed E-state index contributed by atoms with van der Waals surface area (Å²) in [7, 11) is 0. The molecule has 2 rings (SSSR count). The quantitative estimate of drug-likeness (QED) is 0.828. The molecule has 2 N–H and O–H groups in total. The predicted molar refractivity (Wildman–Crippen MR) is 71.9 cm³/mol. The minimum absolute atomic E-state index is 0.231. The van der Waals surface area contributed by atoms with Crippen molar-refractivity contribution in [1.29, 1.82) is 0 Å². The first-order valence-electron chi connectivity index (χ1n) is 6.65. The van der Waals surface area contributed by atoms with Crippen LogP contribution < -0.4 is 10.1 Å². The van der Waals surface area contributed by atoms with Crippen molar-refractivity contribution in [2.75, 3.05) is 39.3 Å². The number of aliphatic hydroxyl groups excluding tert-OH is 1. The van der Waals surface area contributed by atoms with Gasteiger partial charge in [-0.3, -0.25) is 4.90 Å². The third-order valence-electron chi connectivity index (χ3n) is 3.25. The number of aliphatic hydroxyl groups is 1. The number of nitrogens with zero attached hydrogens (tertiary/aromatic N) is 1. The normalized spacial score (nSPS) is 18.3. The molecule has 1 aliphatic heterocycles. The van der Waals surface area contributed by atoms with Gasteiger partial charge in [0.25, 0.3) is 0 Å². The lowest BCUT2D eigenvalue weighted by atomic mass is 10.2. The molecule has 1 saturated heterocycles. The average molecular weight is 268 g/mol. The van der Waals surface area contributed by atoms with E-state index in [1.165, 1.54) is 6.07 Å². The Labute approximate surface area is 113 Å². The first-order chi connectivity index (χ1) is 9.15. The van der Waals surface area contributed by atoms with Gasteiger partial charge in [-0.25, -0.2) is 4.39 Å². The van der Waals surface area contributed by atoms with Crippen molar-refractivity contribution in [3.63, 3.8) is 0 Å². The van der Waals surface area contributed by atoms with E-state index in [4.69, 9.17) is 4.74 Å². The van der Waals surface area contributed by atoms with Gasteiger partial charge in [0.05, 0.1) is 0 Å². The van der Waals surface area contributed by atoms with Crippen molar-refractivity contribution in [2.45, 2.75) is 13.0 Å². The van der Waals surface area contributed by atoms with E-state index in [2.05, 4.69) is 10.2 Å². The van der Waals surface area contributed by atoms with E-state index in [9.17, 15) is 9.50 Å². The van der Waals surface area contributed by atoms with Crippen LogP contribution in [0.4, 0.5) is 4.39 Å². The van der Waals surface area contributed by atoms with Gasteiger partial charge in [-0.05, 0) is 30.7 Å².